The van der Waals surface area contributed by atoms with Crippen LogP contribution in [-0.2, 0) is 16.8 Å². The van der Waals surface area contributed by atoms with E-state index in [1.165, 1.54) is 18.2 Å². The van der Waals surface area contributed by atoms with Crippen LogP contribution in [-0.4, -0.2) is 43.9 Å². The van der Waals surface area contributed by atoms with E-state index in [9.17, 15) is 13.6 Å². The number of amides is 1. The van der Waals surface area contributed by atoms with Crippen molar-refractivity contribution in [3.05, 3.63) is 65.0 Å². The number of halogens is 2. The van der Waals surface area contributed by atoms with E-state index in [1.54, 1.807) is 22.7 Å². The number of benzene rings is 1. The Hall–Kier alpha value is -4.12. The van der Waals surface area contributed by atoms with E-state index in [1.807, 2.05) is 20.8 Å². The molecule has 200 valence electrons. The Bertz CT molecular complexity index is 1680. The van der Waals surface area contributed by atoms with Crippen molar-refractivity contribution in [2.24, 2.45) is 11.7 Å². The summed E-state index contributed by atoms with van der Waals surface area (Å²) in [4.78, 5) is 29.5. The fourth-order valence-electron chi connectivity index (χ4n) is 5.87. The van der Waals surface area contributed by atoms with Crippen LogP contribution < -0.4 is 20.7 Å². The van der Waals surface area contributed by atoms with Crippen molar-refractivity contribution in [3.63, 3.8) is 0 Å². The molecule has 3 N–H and O–H groups in total. The predicted octanol–water partition coefficient (Wildman–Crippen LogP) is 3.72. The van der Waals surface area contributed by atoms with Crippen molar-refractivity contribution < 1.29 is 18.3 Å². The lowest BCUT2D eigenvalue weighted by molar-refractivity contribution is -0.119. The molecule has 0 bridgehead atoms. The van der Waals surface area contributed by atoms with Crippen LogP contribution in [0.2, 0.25) is 0 Å². The van der Waals surface area contributed by atoms with Gasteiger partial charge in [-0.2, -0.15) is 0 Å². The number of aryl methyl sites for hydroxylation is 1. The first kappa shape index (κ1) is 24.0. The van der Waals surface area contributed by atoms with E-state index < -0.39 is 17.0 Å². The van der Waals surface area contributed by atoms with Crippen molar-refractivity contribution in [2.75, 3.05) is 23.3 Å². The number of carbonyl (C=O) groups is 1. The molecule has 1 saturated heterocycles. The third kappa shape index (κ3) is 3.52. The topological polar surface area (TPSA) is 111 Å². The van der Waals surface area contributed by atoms with Gasteiger partial charge in [-0.15, -0.1) is 0 Å². The van der Waals surface area contributed by atoms with Crippen molar-refractivity contribution in [1.82, 2.24) is 19.4 Å². The maximum Gasteiger partial charge on any atom is 0.235 e. The van der Waals surface area contributed by atoms with E-state index in [-0.39, 0.29) is 23.6 Å². The number of nitrogens with zero attached hydrogens (tertiary/aromatic N) is 5. The zero-order valence-corrected chi connectivity index (χ0v) is 21.8. The van der Waals surface area contributed by atoms with Crippen LogP contribution in [0.5, 0.6) is 5.75 Å². The largest absolute Gasteiger partial charge is 0.485 e. The summed E-state index contributed by atoms with van der Waals surface area (Å²) in [6.07, 6.45) is 2.80. The molecule has 5 heterocycles. The number of hydrogen-bond acceptors (Lipinski definition) is 7. The number of nitrogens with one attached hydrogen (secondary N) is 1. The zero-order valence-electron chi connectivity index (χ0n) is 21.8. The molecule has 2 aliphatic heterocycles. The van der Waals surface area contributed by atoms with E-state index >= 15 is 0 Å². The van der Waals surface area contributed by atoms with Gasteiger partial charge in [0.05, 0.1) is 22.2 Å². The normalized spacial score (nSPS) is 22.7. The van der Waals surface area contributed by atoms with Gasteiger partial charge in [0.2, 0.25) is 5.91 Å². The molecule has 9 nitrogen and oxygen atoms in total. The van der Waals surface area contributed by atoms with Crippen LogP contribution in [0.1, 0.15) is 37.1 Å². The van der Waals surface area contributed by atoms with Gasteiger partial charge in [0.1, 0.15) is 35.6 Å². The number of aromatic nitrogens is 4. The standard InChI is InChI=1S/C28H27F2N7O2/c1-14-21(37-9-5-8-19(24(37)32-14)39-12-16-17(29)6-4-7-18(16)30)23-33-22-20(27(2,3)26(38)35-22)25(34-23)36-11-15-10-28(15,31)13-36/h4-9,15H,10-13,31H2,1-3H3,(H,33,34,35,38)/t15-,28-/m0/s1. The molecule has 1 saturated carbocycles. The molecule has 11 heteroatoms. The number of ether oxygens (including phenoxy) is 1. The summed E-state index contributed by atoms with van der Waals surface area (Å²) >= 11 is 0. The highest BCUT2D eigenvalue weighted by Crippen LogP contribution is 2.51. The zero-order chi connectivity index (χ0) is 27.3. The van der Waals surface area contributed by atoms with E-state index in [2.05, 4.69) is 10.2 Å². The van der Waals surface area contributed by atoms with Crippen LogP contribution in [0.25, 0.3) is 17.2 Å². The summed E-state index contributed by atoms with van der Waals surface area (Å²) in [5.74, 6) is 0.862. The lowest BCUT2D eigenvalue weighted by atomic mass is 9.87. The molecule has 1 amide bonds. The first-order chi connectivity index (χ1) is 18.6. The summed E-state index contributed by atoms with van der Waals surface area (Å²) in [5.41, 5.74) is 7.84. The van der Waals surface area contributed by atoms with E-state index in [0.717, 1.165) is 18.5 Å². The van der Waals surface area contributed by atoms with Gasteiger partial charge in [0.15, 0.2) is 17.2 Å². The Morgan fingerprint density at radius 1 is 1.15 bits per heavy atom. The summed E-state index contributed by atoms with van der Waals surface area (Å²) in [6, 6.07) is 7.15. The number of nitrogens with two attached hydrogens (primary N) is 1. The first-order valence-electron chi connectivity index (χ1n) is 12.9. The maximum absolute atomic E-state index is 14.2. The number of pyridine rings is 1. The quantitative estimate of drug-likeness (QED) is 0.404. The molecule has 2 atom stereocenters. The Balaban J connectivity index is 1.32. The van der Waals surface area contributed by atoms with Gasteiger partial charge in [0.25, 0.3) is 0 Å². The number of piperidine rings is 1. The smallest absolute Gasteiger partial charge is 0.235 e. The average Bonchev–Trinajstić information content (AvgIpc) is 3.11. The van der Waals surface area contributed by atoms with Crippen LogP contribution in [0.4, 0.5) is 20.4 Å². The molecule has 0 unspecified atom stereocenters. The van der Waals surface area contributed by atoms with Gasteiger partial charge in [-0.1, -0.05) is 6.07 Å². The fraction of sp³-hybridized carbons (Fsp3) is 0.357. The Morgan fingerprint density at radius 3 is 2.64 bits per heavy atom. The number of carbonyl (C=O) groups excluding carboxylic acids is 1. The number of anilines is 2. The summed E-state index contributed by atoms with van der Waals surface area (Å²) < 4.78 is 36.0. The van der Waals surface area contributed by atoms with Crippen molar-refractivity contribution >= 4 is 23.2 Å². The van der Waals surface area contributed by atoms with Crippen LogP contribution in [0, 0.1) is 24.5 Å². The molecule has 3 aromatic heterocycles. The minimum atomic E-state index is -0.796. The second-order valence-electron chi connectivity index (χ2n) is 11.3. The van der Waals surface area contributed by atoms with Gasteiger partial charge in [-0.05, 0) is 57.4 Å². The van der Waals surface area contributed by atoms with Crippen LogP contribution in [0.15, 0.2) is 36.5 Å². The molecule has 1 aromatic carbocycles. The molecular weight excluding hydrogens is 504 g/mol. The van der Waals surface area contributed by atoms with Crippen molar-refractivity contribution in [2.45, 2.75) is 44.8 Å². The second kappa shape index (κ2) is 7.95. The second-order valence-corrected chi connectivity index (χ2v) is 11.3. The molecule has 7 rings (SSSR count). The van der Waals surface area contributed by atoms with Crippen LogP contribution in [0.3, 0.4) is 0 Å². The number of rotatable bonds is 5. The highest BCUT2D eigenvalue weighted by atomic mass is 19.1. The molecule has 4 aromatic rings. The maximum atomic E-state index is 14.2. The minimum absolute atomic E-state index is 0.136. The molecule has 0 spiro atoms. The lowest BCUT2D eigenvalue weighted by Gasteiger charge is -2.27. The molecular formula is C28H27F2N7O2. The third-order valence-electron chi connectivity index (χ3n) is 8.25. The lowest BCUT2D eigenvalue weighted by Crippen LogP contribution is -2.35. The predicted molar refractivity (Wildman–Crippen MR) is 141 cm³/mol. The summed E-state index contributed by atoms with van der Waals surface area (Å²) in [7, 11) is 0. The highest BCUT2D eigenvalue weighted by Gasteiger charge is 2.58. The summed E-state index contributed by atoms with van der Waals surface area (Å²) in [6.45, 7) is 6.73. The monoisotopic (exact) mass is 531 g/mol. The number of fused-ring (bicyclic) bond motifs is 3. The average molecular weight is 532 g/mol. The molecule has 39 heavy (non-hydrogen) atoms. The molecule has 1 aliphatic carbocycles. The summed E-state index contributed by atoms with van der Waals surface area (Å²) in [5, 5.41) is 2.94. The number of imidazole rings is 1. The van der Waals surface area contributed by atoms with E-state index in [0.29, 0.717) is 52.7 Å². The minimum Gasteiger partial charge on any atom is -0.485 e. The van der Waals surface area contributed by atoms with Gasteiger partial charge >= 0.3 is 0 Å². The Kier molecular flexibility index (Phi) is 4.88. The Morgan fingerprint density at radius 2 is 1.92 bits per heavy atom. The van der Waals surface area contributed by atoms with Crippen molar-refractivity contribution in [3.8, 4) is 17.3 Å². The van der Waals surface area contributed by atoms with Gasteiger partial charge in [-0.25, -0.2) is 23.7 Å². The Labute approximate surface area is 223 Å². The molecule has 0 radical (unpaired) electrons. The van der Waals surface area contributed by atoms with Gasteiger partial charge < -0.3 is 20.7 Å². The van der Waals surface area contributed by atoms with Crippen molar-refractivity contribution in [1.29, 1.82) is 0 Å². The SMILES string of the molecule is Cc1nc2c(OCc3c(F)cccc3F)cccn2c1-c1nc2c(c(N3C[C@@H]4C[C@]4(N)C3)n1)C(C)(C)C(=O)N2. The van der Waals surface area contributed by atoms with Gasteiger partial charge in [-0.3, -0.25) is 9.20 Å². The van der Waals surface area contributed by atoms with Crippen LogP contribution >= 0.6 is 0 Å². The van der Waals surface area contributed by atoms with Gasteiger partial charge in [0, 0.05) is 24.8 Å². The number of hydrogen-bond donors (Lipinski definition) is 2. The molecule has 3 aliphatic rings. The highest BCUT2D eigenvalue weighted by molar-refractivity contribution is 6.06. The fourth-order valence-corrected chi connectivity index (χ4v) is 5.87. The molecule has 2 fully saturated rings. The van der Waals surface area contributed by atoms with E-state index in [4.69, 9.17) is 25.4 Å². The third-order valence-corrected chi connectivity index (χ3v) is 8.25. The first-order valence-corrected chi connectivity index (χ1v) is 12.9.